The lowest BCUT2D eigenvalue weighted by Gasteiger charge is -2.18. The van der Waals surface area contributed by atoms with Crippen molar-refractivity contribution in [2.75, 3.05) is 13.2 Å². The molecule has 0 saturated carbocycles. The Labute approximate surface area is 110 Å². The Bertz CT molecular complexity index is 414. The highest BCUT2D eigenvalue weighted by Gasteiger charge is 2.12. The Morgan fingerprint density at radius 1 is 1.29 bits per heavy atom. The molecule has 1 rings (SSSR count). The Hall–Kier alpha value is -0.550. The number of halogens is 2. The largest absolute Gasteiger partial charge is 0.351 e. The Morgan fingerprint density at radius 3 is 2.41 bits per heavy atom. The maximum atomic E-state index is 11.7. The first kappa shape index (κ1) is 14.5. The third kappa shape index (κ3) is 4.32. The molecule has 17 heavy (non-hydrogen) atoms. The quantitative estimate of drug-likeness (QED) is 0.752. The molecule has 0 bridgehead atoms. The van der Waals surface area contributed by atoms with Crippen LogP contribution >= 0.6 is 23.2 Å². The molecule has 0 amide bonds. The van der Waals surface area contributed by atoms with Gasteiger partial charge in [-0.1, -0.05) is 23.2 Å². The van der Waals surface area contributed by atoms with Gasteiger partial charge in [0.1, 0.15) is 5.02 Å². The van der Waals surface area contributed by atoms with E-state index in [1.54, 1.807) is 0 Å². The molecule has 0 aliphatic rings. The number of aromatic nitrogens is 1. The monoisotopic (exact) mass is 279 g/mol. The first-order valence-corrected chi connectivity index (χ1v) is 6.12. The summed E-state index contributed by atoms with van der Waals surface area (Å²) in [6.45, 7) is 5.00. The van der Waals surface area contributed by atoms with E-state index in [9.17, 15) is 4.79 Å². The standard InChI is InChI=1S/C11H15Cl2NO3/c1-3-16-10(17-4-2)7-14-6-8(12)5-9(13)11(14)15/h5-6,10H,3-4,7H2,1-2H3. The highest BCUT2D eigenvalue weighted by molar-refractivity contribution is 6.34. The minimum atomic E-state index is -0.475. The summed E-state index contributed by atoms with van der Waals surface area (Å²) in [6.07, 6.45) is 1.04. The average molecular weight is 280 g/mol. The Balaban J connectivity index is 2.88. The molecule has 96 valence electrons. The summed E-state index contributed by atoms with van der Waals surface area (Å²) < 4.78 is 12.1. The van der Waals surface area contributed by atoms with Crippen molar-refractivity contribution >= 4 is 23.2 Å². The maximum Gasteiger partial charge on any atom is 0.269 e. The van der Waals surface area contributed by atoms with Gasteiger partial charge in [-0.15, -0.1) is 0 Å². The molecule has 6 heteroatoms. The lowest BCUT2D eigenvalue weighted by Crippen LogP contribution is -2.30. The van der Waals surface area contributed by atoms with Crippen molar-refractivity contribution in [3.05, 3.63) is 32.7 Å². The molecule has 0 saturated heterocycles. The van der Waals surface area contributed by atoms with Gasteiger partial charge in [0.15, 0.2) is 6.29 Å². The van der Waals surface area contributed by atoms with Crippen LogP contribution in [0.1, 0.15) is 13.8 Å². The van der Waals surface area contributed by atoms with Gasteiger partial charge in [-0.25, -0.2) is 0 Å². The third-order valence-electron chi connectivity index (χ3n) is 2.06. The van der Waals surface area contributed by atoms with Crippen LogP contribution in [0.4, 0.5) is 0 Å². The van der Waals surface area contributed by atoms with Gasteiger partial charge in [0.05, 0.1) is 11.6 Å². The molecule has 0 atom stereocenters. The summed E-state index contributed by atoms with van der Waals surface area (Å²) >= 11 is 11.6. The van der Waals surface area contributed by atoms with Crippen molar-refractivity contribution in [2.45, 2.75) is 26.7 Å². The zero-order valence-electron chi connectivity index (χ0n) is 9.78. The predicted molar refractivity (Wildman–Crippen MR) is 67.8 cm³/mol. The number of nitrogens with zero attached hydrogens (tertiary/aromatic N) is 1. The summed E-state index contributed by atoms with van der Waals surface area (Å²) in [5.74, 6) is 0. The van der Waals surface area contributed by atoms with E-state index in [1.165, 1.54) is 16.8 Å². The summed E-state index contributed by atoms with van der Waals surface area (Å²) in [5.41, 5.74) is -0.305. The normalized spacial score (nSPS) is 11.1. The molecule has 0 aromatic carbocycles. The average Bonchev–Trinajstić information content (AvgIpc) is 2.26. The van der Waals surface area contributed by atoms with Gasteiger partial charge in [-0.2, -0.15) is 0 Å². The number of rotatable bonds is 6. The molecule has 0 radical (unpaired) electrons. The number of hydrogen-bond acceptors (Lipinski definition) is 3. The molecular formula is C11H15Cl2NO3. The van der Waals surface area contributed by atoms with Crippen LogP contribution in [0.15, 0.2) is 17.1 Å². The van der Waals surface area contributed by atoms with Crippen molar-refractivity contribution in [3.63, 3.8) is 0 Å². The van der Waals surface area contributed by atoms with Crippen LogP contribution in [0.25, 0.3) is 0 Å². The highest BCUT2D eigenvalue weighted by Crippen LogP contribution is 2.12. The van der Waals surface area contributed by atoms with E-state index < -0.39 is 6.29 Å². The van der Waals surface area contributed by atoms with E-state index in [-0.39, 0.29) is 17.1 Å². The van der Waals surface area contributed by atoms with Crippen LogP contribution in [0.3, 0.4) is 0 Å². The van der Waals surface area contributed by atoms with Crippen molar-refractivity contribution in [1.82, 2.24) is 4.57 Å². The zero-order valence-corrected chi connectivity index (χ0v) is 11.3. The summed E-state index contributed by atoms with van der Waals surface area (Å²) in [6, 6.07) is 1.41. The SMILES string of the molecule is CCOC(Cn1cc(Cl)cc(Cl)c1=O)OCC. The molecule has 0 fully saturated rings. The molecule has 0 aliphatic heterocycles. The first-order valence-electron chi connectivity index (χ1n) is 5.37. The molecule has 1 heterocycles. The predicted octanol–water partition coefficient (Wildman–Crippen LogP) is 2.55. The molecule has 0 unspecified atom stereocenters. The summed E-state index contributed by atoms with van der Waals surface area (Å²) in [5, 5.41) is 0.491. The molecule has 0 aliphatic carbocycles. The van der Waals surface area contributed by atoms with Gasteiger partial charge in [-0.3, -0.25) is 4.79 Å². The van der Waals surface area contributed by atoms with Crippen LogP contribution < -0.4 is 5.56 Å². The number of ether oxygens (including phenoxy) is 2. The van der Waals surface area contributed by atoms with E-state index in [0.717, 1.165) is 0 Å². The molecule has 0 N–H and O–H groups in total. The van der Waals surface area contributed by atoms with Gasteiger partial charge < -0.3 is 14.0 Å². The third-order valence-corrected chi connectivity index (χ3v) is 2.54. The Morgan fingerprint density at radius 2 is 1.88 bits per heavy atom. The lowest BCUT2D eigenvalue weighted by molar-refractivity contribution is -0.143. The van der Waals surface area contributed by atoms with Crippen molar-refractivity contribution in [2.24, 2.45) is 0 Å². The zero-order chi connectivity index (χ0) is 12.8. The van der Waals surface area contributed by atoms with E-state index in [1.807, 2.05) is 13.8 Å². The second-order valence-corrected chi connectivity index (χ2v) is 4.15. The molecule has 0 spiro atoms. The second-order valence-electron chi connectivity index (χ2n) is 3.30. The van der Waals surface area contributed by atoms with Gasteiger partial charge >= 0.3 is 0 Å². The fourth-order valence-electron chi connectivity index (χ4n) is 1.39. The van der Waals surface area contributed by atoms with Crippen molar-refractivity contribution in [3.8, 4) is 0 Å². The van der Waals surface area contributed by atoms with Gasteiger partial charge in [0.2, 0.25) is 0 Å². The molecular weight excluding hydrogens is 265 g/mol. The maximum absolute atomic E-state index is 11.7. The van der Waals surface area contributed by atoms with E-state index in [2.05, 4.69) is 0 Å². The smallest absolute Gasteiger partial charge is 0.269 e. The van der Waals surface area contributed by atoms with Crippen LogP contribution in [0, 0.1) is 0 Å². The fourth-order valence-corrected chi connectivity index (χ4v) is 1.90. The number of hydrogen-bond donors (Lipinski definition) is 0. The summed E-state index contributed by atoms with van der Waals surface area (Å²) in [7, 11) is 0. The van der Waals surface area contributed by atoms with Gasteiger partial charge in [-0.05, 0) is 19.9 Å². The minimum absolute atomic E-state index is 0.0873. The van der Waals surface area contributed by atoms with E-state index >= 15 is 0 Å². The molecule has 4 nitrogen and oxygen atoms in total. The van der Waals surface area contributed by atoms with Gasteiger partial charge in [0.25, 0.3) is 5.56 Å². The van der Waals surface area contributed by atoms with Gasteiger partial charge in [0, 0.05) is 19.4 Å². The lowest BCUT2D eigenvalue weighted by atomic mass is 10.4. The van der Waals surface area contributed by atoms with Crippen LogP contribution in [-0.4, -0.2) is 24.1 Å². The highest BCUT2D eigenvalue weighted by atomic mass is 35.5. The fraction of sp³-hybridized carbons (Fsp3) is 0.545. The summed E-state index contributed by atoms with van der Waals surface area (Å²) in [4.78, 5) is 11.7. The van der Waals surface area contributed by atoms with E-state index in [4.69, 9.17) is 32.7 Å². The van der Waals surface area contributed by atoms with Crippen LogP contribution in [0.5, 0.6) is 0 Å². The van der Waals surface area contributed by atoms with Crippen molar-refractivity contribution < 1.29 is 9.47 Å². The second kappa shape index (κ2) is 7.01. The minimum Gasteiger partial charge on any atom is -0.351 e. The van der Waals surface area contributed by atoms with Crippen LogP contribution in [0.2, 0.25) is 10.0 Å². The molecule has 1 aromatic rings. The van der Waals surface area contributed by atoms with E-state index in [0.29, 0.717) is 18.2 Å². The Kier molecular flexibility index (Phi) is 5.98. The van der Waals surface area contributed by atoms with Crippen molar-refractivity contribution in [1.29, 1.82) is 0 Å². The molecule has 1 aromatic heterocycles. The first-order chi connectivity index (χ1) is 8.08. The topological polar surface area (TPSA) is 40.5 Å². The van der Waals surface area contributed by atoms with Crippen LogP contribution in [-0.2, 0) is 16.0 Å². The number of pyridine rings is 1.